The Kier molecular flexibility index (Phi) is 8.23. The van der Waals surface area contributed by atoms with E-state index in [1.807, 2.05) is 17.0 Å². The van der Waals surface area contributed by atoms with Crippen LogP contribution < -0.4 is 10.1 Å². The molecule has 4 rings (SSSR count). The Morgan fingerprint density at radius 2 is 1.88 bits per heavy atom. The molecule has 0 aromatic heterocycles. The highest BCUT2D eigenvalue weighted by molar-refractivity contribution is 7.80. The average Bonchev–Trinajstić information content (AvgIpc) is 3.28. The van der Waals surface area contributed by atoms with E-state index in [1.165, 1.54) is 24.8 Å². The van der Waals surface area contributed by atoms with E-state index in [2.05, 4.69) is 17.4 Å². The summed E-state index contributed by atoms with van der Waals surface area (Å²) in [5.74, 6) is 1.74. The van der Waals surface area contributed by atoms with Gasteiger partial charge in [-0.15, -0.1) is 0 Å². The second-order valence-electron chi connectivity index (χ2n) is 9.76. The van der Waals surface area contributed by atoms with E-state index in [4.69, 9.17) is 17.0 Å². The lowest BCUT2D eigenvalue weighted by molar-refractivity contribution is -0.140. The molecule has 2 unspecified atom stereocenters. The van der Waals surface area contributed by atoms with Gasteiger partial charge in [-0.1, -0.05) is 30.8 Å². The van der Waals surface area contributed by atoms with Gasteiger partial charge in [0, 0.05) is 25.6 Å². The minimum absolute atomic E-state index is 0.0242. The maximum absolute atomic E-state index is 13.4. The summed E-state index contributed by atoms with van der Waals surface area (Å²) in [6.07, 6.45) is 9.26. The number of carbonyl (C=O) groups excluding carboxylic acids is 2. The minimum atomic E-state index is -0.334. The molecular weight excluding hydrogens is 434 g/mol. The van der Waals surface area contributed by atoms with Crippen LogP contribution in [0.4, 0.5) is 0 Å². The number of ether oxygens (including phenoxy) is 1. The van der Waals surface area contributed by atoms with E-state index in [9.17, 15) is 9.59 Å². The first-order valence-corrected chi connectivity index (χ1v) is 13.0. The van der Waals surface area contributed by atoms with Crippen LogP contribution in [0.5, 0.6) is 5.75 Å². The predicted octanol–water partition coefficient (Wildman–Crippen LogP) is 3.57. The van der Waals surface area contributed by atoms with Crippen LogP contribution in [0.3, 0.4) is 0 Å². The lowest BCUT2D eigenvalue weighted by atomic mass is 9.73. The topological polar surface area (TPSA) is 61.9 Å². The number of amides is 2. The fraction of sp³-hybridized carbons (Fsp3) is 0.654. The molecule has 1 aromatic carbocycles. The van der Waals surface area contributed by atoms with Gasteiger partial charge in [-0.2, -0.15) is 0 Å². The standard InChI is InChI=1S/C26H37N3O3S/c1-32-21-11-6-8-19(16-21)17-22(20-9-7-10-20)25(33)27-23-12-2-3-15-29(26(23)31)18-24(30)28-13-4-5-14-28/h6,8,11,16,20,22-23H,2-5,7,9-10,12-15,17-18H2,1H3,(H,27,33). The largest absolute Gasteiger partial charge is 0.497 e. The van der Waals surface area contributed by atoms with Crippen molar-refractivity contribution in [1.82, 2.24) is 15.1 Å². The summed E-state index contributed by atoms with van der Waals surface area (Å²) in [6, 6.07) is 7.85. The molecule has 180 valence electrons. The van der Waals surface area contributed by atoms with Crippen molar-refractivity contribution in [3.63, 3.8) is 0 Å². The Hall–Kier alpha value is -2.15. The molecule has 6 nitrogen and oxygen atoms in total. The predicted molar refractivity (Wildman–Crippen MR) is 133 cm³/mol. The molecule has 0 radical (unpaired) electrons. The summed E-state index contributed by atoms with van der Waals surface area (Å²) < 4.78 is 5.40. The van der Waals surface area contributed by atoms with Crippen molar-refractivity contribution < 1.29 is 14.3 Å². The number of nitrogens with one attached hydrogen (secondary N) is 1. The molecule has 1 saturated carbocycles. The molecule has 0 bridgehead atoms. The molecule has 7 heteroatoms. The molecule has 2 amide bonds. The number of thiocarbonyl (C=S) groups is 1. The van der Waals surface area contributed by atoms with Gasteiger partial charge >= 0.3 is 0 Å². The molecule has 2 aliphatic heterocycles. The van der Waals surface area contributed by atoms with Gasteiger partial charge in [0.05, 0.1) is 18.6 Å². The summed E-state index contributed by atoms with van der Waals surface area (Å²) in [5, 5.41) is 3.46. The number of rotatable bonds is 8. The van der Waals surface area contributed by atoms with Crippen LogP contribution in [0.25, 0.3) is 0 Å². The van der Waals surface area contributed by atoms with Gasteiger partial charge in [0.25, 0.3) is 0 Å². The van der Waals surface area contributed by atoms with Gasteiger partial charge in [0.15, 0.2) is 0 Å². The van der Waals surface area contributed by atoms with E-state index >= 15 is 0 Å². The number of hydrogen-bond donors (Lipinski definition) is 1. The lowest BCUT2D eigenvalue weighted by Gasteiger charge is -2.36. The summed E-state index contributed by atoms with van der Waals surface area (Å²) in [4.78, 5) is 30.5. The zero-order valence-corrected chi connectivity index (χ0v) is 20.6. The maximum atomic E-state index is 13.4. The molecule has 33 heavy (non-hydrogen) atoms. The molecule has 1 aliphatic carbocycles. The van der Waals surface area contributed by atoms with Gasteiger partial charge < -0.3 is 19.9 Å². The van der Waals surface area contributed by atoms with Crippen molar-refractivity contribution in [1.29, 1.82) is 0 Å². The van der Waals surface area contributed by atoms with Crippen LogP contribution in [0.15, 0.2) is 24.3 Å². The van der Waals surface area contributed by atoms with Gasteiger partial charge in [0.2, 0.25) is 11.8 Å². The third-order valence-corrected chi connectivity index (χ3v) is 7.95. The summed E-state index contributed by atoms with van der Waals surface area (Å²) in [5.41, 5.74) is 1.21. The van der Waals surface area contributed by atoms with Gasteiger partial charge in [0.1, 0.15) is 11.8 Å². The van der Waals surface area contributed by atoms with Crippen molar-refractivity contribution in [2.45, 2.75) is 63.8 Å². The van der Waals surface area contributed by atoms with Gasteiger partial charge in [-0.05, 0) is 75.0 Å². The Labute approximate surface area is 203 Å². The Morgan fingerprint density at radius 3 is 2.58 bits per heavy atom. The minimum Gasteiger partial charge on any atom is -0.497 e. The van der Waals surface area contributed by atoms with E-state index in [0.717, 1.165) is 62.4 Å². The molecule has 2 saturated heterocycles. The summed E-state index contributed by atoms with van der Waals surface area (Å²) in [7, 11) is 1.69. The molecule has 3 fully saturated rings. The first-order valence-electron chi connectivity index (χ1n) is 12.5. The van der Waals surface area contributed by atoms with Crippen molar-refractivity contribution in [2.24, 2.45) is 11.8 Å². The quantitative estimate of drug-likeness (QED) is 0.588. The molecule has 2 heterocycles. The van der Waals surface area contributed by atoms with Crippen molar-refractivity contribution in [3.8, 4) is 5.75 Å². The fourth-order valence-electron chi connectivity index (χ4n) is 5.27. The van der Waals surface area contributed by atoms with E-state index in [0.29, 0.717) is 12.5 Å². The van der Waals surface area contributed by atoms with E-state index in [-0.39, 0.29) is 30.3 Å². The van der Waals surface area contributed by atoms with Crippen LogP contribution in [0, 0.1) is 11.8 Å². The Balaban J connectivity index is 1.41. The number of methoxy groups -OCH3 is 1. The normalized spacial score (nSPS) is 22.5. The second kappa shape index (κ2) is 11.3. The van der Waals surface area contributed by atoms with Crippen LogP contribution in [0.1, 0.15) is 56.9 Å². The summed E-state index contributed by atoms with van der Waals surface area (Å²) in [6.45, 7) is 2.48. The van der Waals surface area contributed by atoms with Crippen molar-refractivity contribution in [3.05, 3.63) is 29.8 Å². The number of hydrogen-bond acceptors (Lipinski definition) is 4. The SMILES string of the molecule is COc1cccc(CC(C(=S)NC2CCCCN(CC(=O)N3CCCC3)C2=O)C2CCC2)c1. The van der Waals surface area contributed by atoms with E-state index < -0.39 is 0 Å². The smallest absolute Gasteiger partial charge is 0.245 e. The molecule has 1 aromatic rings. The molecule has 0 spiro atoms. The molecule has 2 atom stereocenters. The molecule has 1 N–H and O–H groups in total. The zero-order chi connectivity index (χ0) is 23.2. The highest BCUT2D eigenvalue weighted by Gasteiger charge is 2.35. The average molecular weight is 472 g/mol. The second-order valence-corrected chi connectivity index (χ2v) is 10.2. The summed E-state index contributed by atoms with van der Waals surface area (Å²) >= 11 is 5.92. The molecule has 3 aliphatic rings. The highest BCUT2D eigenvalue weighted by atomic mass is 32.1. The lowest BCUT2D eigenvalue weighted by Crippen LogP contribution is -2.52. The van der Waals surface area contributed by atoms with Crippen LogP contribution in [-0.2, 0) is 16.0 Å². The number of likely N-dealkylation sites (tertiary alicyclic amines) is 2. The number of nitrogens with zero attached hydrogens (tertiary/aromatic N) is 2. The third-order valence-electron chi connectivity index (χ3n) is 7.53. The van der Waals surface area contributed by atoms with Crippen molar-refractivity contribution in [2.75, 3.05) is 33.3 Å². The fourth-order valence-corrected chi connectivity index (χ4v) is 5.69. The Bertz CT molecular complexity index is 851. The number of carbonyl (C=O) groups is 2. The molecular formula is C26H37N3O3S. The monoisotopic (exact) mass is 471 g/mol. The van der Waals surface area contributed by atoms with Gasteiger partial charge in [-0.3, -0.25) is 9.59 Å². The van der Waals surface area contributed by atoms with E-state index in [1.54, 1.807) is 12.0 Å². The maximum Gasteiger partial charge on any atom is 0.245 e. The van der Waals surface area contributed by atoms with Gasteiger partial charge in [-0.25, -0.2) is 0 Å². The zero-order valence-electron chi connectivity index (χ0n) is 19.8. The number of benzene rings is 1. The van der Waals surface area contributed by atoms with Crippen molar-refractivity contribution >= 4 is 29.0 Å². The Morgan fingerprint density at radius 1 is 1.12 bits per heavy atom. The first kappa shape index (κ1) is 24.0. The van der Waals surface area contributed by atoms with Crippen LogP contribution >= 0.6 is 12.2 Å². The highest BCUT2D eigenvalue weighted by Crippen LogP contribution is 2.36. The third kappa shape index (κ3) is 6.05. The first-order chi connectivity index (χ1) is 16.0. The van der Waals surface area contributed by atoms with Crippen LogP contribution in [0.2, 0.25) is 0 Å². The van der Waals surface area contributed by atoms with Crippen LogP contribution in [-0.4, -0.2) is 65.9 Å².